The molecule has 0 heterocycles. The molecule has 0 spiro atoms. The Morgan fingerprint density at radius 2 is 1.79 bits per heavy atom. The molecule has 0 aromatic heterocycles. The monoisotopic (exact) mass is 464 g/mol. The number of benzene rings is 2. The third-order valence-corrected chi connectivity index (χ3v) is 4.97. The highest BCUT2D eigenvalue weighted by Gasteiger charge is 2.26. The van der Waals surface area contributed by atoms with Crippen LogP contribution < -0.4 is 10.1 Å². The zero-order valence-corrected chi connectivity index (χ0v) is 18.2. The predicted octanol–water partition coefficient (Wildman–Crippen LogP) is 4.30. The van der Waals surface area contributed by atoms with Gasteiger partial charge in [0, 0.05) is 17.6 Å². The Labute approximate surface area is 179 Å². The van der Waals surface area contributed by atoms with Crippen molar-refractivity contribution in [2.45, 2.75) is 39.3 Å². The maximum atomic E-state index is 13.0. The van der Waals surface area contributed by atoms with Crippen LogP contribution in [0.25, 0.3) is 0 Å². The molecule has 2 amide bonds. The number of ether oxygens (including phenoxy) is 1. The summed E-state index contributed by atoms with van der Waals surface area (Å²) < 4.78 is 19.5. The zero-order chi connectivity index (χ0) is 21.2. The smallest absolute Gasteiger partial charge is 0.261 e. The highest BCUT2D eigenvalue weighted by molar-refractivity contribution is 9.10. The molecule has 7 heteroatoms. The topological polar surface area (TPSA) is 58.6 Å². The van der Waals surface area contributed by atoms with Crippen LogP contribution >= 0.6 is 15.9 Å². The lowest BCUT2D eigenvalue weighted by molar-refractivity contribution is -0.142. The van der Waals surface area contributed by atoms with Crippen molar-refractivity contribution >= 4 is 27.7 Å². The first kappa shape index (κ1) is 22.9. The molecule has 29 heavy (non-hydrogen) atoms. The minimum absolute atomic E-state index is 0.203. The zero-order valence-electron chi connectivity index (χ0n) is 16.7. The van der Waals surface area contributed by atoms with Crippen molar-refractivity contribution in [1.82, 2.24) is 10.2 Å². The van der Waals surface area contributed by atoms with E-state index in [4.69, 9.17) is 4.74 Å². The number of nitrogens with one attached hydrogen (secondary N) is 1. The van der Waals surface area contributed by atoms with Crippen LogP contribution in [-0.2, 0) is 16.1 Å². The molecule has 0 radical (unpaired) electrons. The largest absolute Gasteiger partial charge is 0.484 e. The standard InChI is InChI=1S/C22H26BrFN2O3/c1-3-4-13-25-22(28)16(2)26(14-17-5-7-18(23)8-6-17)21(27)15-29-20-11-9-19(24)10-12-20/h5-12,16H,3-4,13-15H2,1-2H3,(H,25,28)/t16-/m1/s1. The molecule has 0 fully saturated rings. The van der Waals surface area contributed by atoms with Gasteiger partial charge < -0.3 is 15.0 Å². The van der Waals surface area contributed by atoms with E-state index in [2.05, 4.69) is 21.2 Å². The second-order valence-electron chi connectivity index (χ2n) is 6.71. The molecular weight excluding hydrogens is 439 g/mol. The predicted molar refractivity (Wildman–Crippen MR) is 114 cm³/mol. The first-order valence-electron chi connectivity index (χ1n) is 9.60. The highest BCUT2D eigenvalue weighted by Crippen LogP contribution is 2.16. The van der Waals surface area contributed by atoms with Gasteiger partial charge in [0.25, 0.3) is 5.91 Å². The van der Waals surface area contributed by atoms with E-state index in [1.165, 1.54) is 29.2 Å². The van der Waals surface area contributed by atoms with Crippen LogP contribution in [0.1, 0.15) is 32.3 Å². The molecule has 156 valence electrons. The Kier molecular flexibility index (Phi) is 9.12. The average molecular weight is 465 g/mol. The van der Waals surface area contributed by atoms with Crippen molar-refractivity contribution in [2.75, 3.05) is 13.2 Å². The van der Waals surface area contributed by atoms with Gasteiger partial charge in [-0.3, -0.25) is 9.59 Å². The normalized spacial score (nSPS) is 11.6. The molecule has 2 aromatic rings. The minimum Gasteiger partial charge on any atom is -0.484 e. The fourth-order valence-electron chi connectivity index (χ4n) is 2.66. The highest BCUT2D eigenvalue weighted by atomic mass is 79.9. The number of carbonyl (C=O) groups excluding carboxylic acids is 2. The van der Waals surface area contributed by atoms with E-state index >= 15 is 0 Å². The maximum Gasteiger partial charge on any atom is 0.261 e. The molecule has 2 rings (SSSR count). The number of rotatable bonds is 10. The van der Waals surface area contributed by atoms with Crippen LogP contribution in [0.4, 0.5) is 4.39 Å². The van der Waals surface area contributed by atoms with Gasteiger partial charge in [-0.1, -0.05) is 41.4 Å². The summed E-state index contributed by atoms with van der Waals surface area (Å²) in [5, 5.41) is 2.87. The van der Waals surface area contributed by atoms with Gasteiger partial charge in [0.15, 0.2) is 6.61 Å². The van der Waals surface area contributed by atoms with Crippen molar-refractivity contribution in [1.29, 1.82) is 0 Å². The Morgan fingerprint density at radius 3 is 2.41 bits per heavy atom. The van der Waals surface area contributed by atoms with E-state index in [1.807, 2.05) is 31.2 Å². The number of unbranched alkanes of at least 4 members (excludes halogenated alkanes) is 1. The van der Waals surface area contributed by atoms with Gasteiger partial charge in [0.05, 0.1) is 0 Å². The van der Waals surface area contributed by atoms with E-state index in [1.54, 1.807) is 6.92 Å². The van der Waals surface area contributed by atoms with Crippen molar-refractivity contribution in [2.24, 2.45) is 0 Å². The Bertz CT molecular complexity index is 797. The lowest BCUT2D eigenvalue weighted by Gasteiger charge is -2.28. The molecule has 0 saturated heterocycles. The lowest BCUT2D eigenvalue weighted by Crippen LogP contribution is -2.49. The third-order valence-electron chi connectivity index (χ3n) is 4.44. The molecule has 0 aliphatic carbocycles. The van der Waals surface area contributed by atoms with E-state index < -0.39 is 6.04 Å². The van der Waals surface area contributed by atoms with Crippen LogP contribution in [0.3, 0.4) is 0 Å². The quantitative estimate of drug-likeness (QED) is 0.533. The number of hydrogen-bond donors (Lipinski definition) is 1. The summed E-state index contributed by atoms with van der Waals surface area (Å²) >= 11 is 3.39. The van der Waals surface area contributed by atoms with Crippen molar-refractivity contribution in [3.05, 3.63) is 64.4 Å². The van der Waals surface area contributed by atoms with Gasteiger partial charge in [-0.2, -0.15) is 0 Å². The summed E-state index contributed by atoms with van der Waals surface area (Å²) in [5.41, 5.74) is 0.900. The molecule has 0 unspecified atom stereocenters. The molecule has 0 aliphatic heterocycles. The second kappa shape index (κ2) is 11.6. The number of halogens is 2. The number of amides is 2. The SMILES string of the molecule is CCCCNC(=O)[C@@H](C)N(Cc1ccc(Br)cc1)C(=O)COc1ccc(F)cc1. The molecule has 0 saturated carbocycles. The van der Waals surface area contributed by atoms with Gasteiger partial charge in [-0.25, -0.2) is 4.39 Å². The first-order valence-corrected chi connectivity index (χ1v) is 10.4. The fraction of sp³-hybridized carbons (Fsp3) is 0.364. The van der Waals surface area contributed by atoms with E-state index in [0.29, 0.717) is 12.3 Å². The van der Waals surface area contributed by atoms with Crippen LogP contribution in [0, 0.1) is 5.82 Å². The van der Waals surface area contributed by atoms with Gasteiger partial charge in [-0.05, 0) is 55.3 Å². The third kappa shape index (κ3) is 7.49. The Morgan fingerprint density at radius 1 is 1.14 bits per heavy atom. The molecule has 0 aliphatic rings. The van der Waals surface area contributed by atoms with Crippen LogP contribution in [-0.4, -0.2) is 35.9 Å². The van der Waals surface area contributed by atoms with Crippen LogP contribution in [0.2, 0.25) is 0 Å². The summed E-state index contributed by atoms with van der Waals surface area (Å²) in [6, 6.07) is 12.4. The summed E-state index contributed by atoms with van der Waals surface area (Å²) in [5.74, 6) is -0.512. The molecular formula is C22H26BrFN2O3. The Balaban J connectivity index is 2.08. The Hall–Kier alpha value is -2.41. The minimum atomic E-state index is -0.653. The van der Waals surface area contributed by atoms with Gasteiger partial charge >= 0.3 is 0 Å². The van der Waals surface area contributed by atoms with Crippen LogP contribution in [0.15, 0.2) is 53.0 Å². The number of nitrogens with zero attached hydrogens (tertiary/aromatic N) is 1. The van der Waals surface area contributed by atoms with E-state index in [0.717, 1.165) is 22.9 Å². The average Bonchev–Trinajstić information content (AvgIpc) is 2.72. The second-order valence-corrected chi connectivity index (χ2v) is 7.63. The molecule has 1 N–H and O–H groups in total. The number of carbonyl (C=O) groups is 2. The van der Waals surface area contributed by atoms with Crippen molar-refractivity contribution < 1.29 is 18.7 Å². The molecule has 1 atom stereocenters. The van der Waals surface area contributed by atoms with Gasteiger partial charge in [0.2, 0.25) is 5.91 Å². The maximum absolute atomic E-state index is 13.0. The van der Waals surface area contributed by atoms with E-state index in [9.17, 15) is 14.0 Å². The number of hydrogen-bond acceptors (Lipinski definition) is 3. The summed E-state index contributed by atoms with van der Waals surface area (Å²) in [6.07, 6.45) is 1.86. The van der Waals surface area contributed by atoms with Gasteiger partial charge in [0.1, 0.15) is 17.6 Å². The van der Waals surface area contributed by atoms with Crippen LogP contribution in [0.5, 0.6) is 5.75 Å². The summed E-state index contributed by atoms with van der Waals surface area (Å²) in [6.45, 7) is 4.36. The molecule has 2 aromatic carbocycles. The van der Waals surface area contributed by atoms with Crippen molar-refractivity contribution in [3.63, 3.8) is 0 Å². The lowest BCUT2D eigenvalue weighted by atomic mass is 10.1. The fourth-order valence-corrected chi connectivity index (χ4v) is 2.93. The summed E-state index contributed by atoms with van der Waals surface area (Å²) in [7, 11) is 0. The first-order chi connectivity index (χ1) is 13.9. The molecule has 5 nitrogen and oxygen atoms in total. The van der Waals surface area contributed by atoms with E-state index in [-0.39, 0.29) is 30.8 Å². The summed E-state index contributed by atoms with van der Waals surface area (Å²) in [4.78, 5) is 26.9. The van der Waals surface area contributed by atoms with Crippen molar-refractivity contribution in [3.8, 4) is 5.75 Å². The van der Waals surface area contributed by atoms with Gasteiger partial charge in [-0.15, -0.1) is 0 Å². The molecule has 0 bridgehead atoms.